The molecule has 0 aliphatic heterocycles. The SMILES string of the molecule is CCCCCCCCCCCCCCCCCCOS(=O)(=O)c1ccc(C)cc1.CNCc1ccccc1. The van der Waals surface area contributed by atoms with Gasteiger partial charge in [-0.15, -0.1) is 0 Å². The van der Waals surface area contributed by atoms with Gasteiger partial charge in [-0.25, -0.2) is 0 Å². The van der Waals surface area contributed by atoms with E-state index in [0.29, 0.717) is 0 Å². The van der Waals surface area contributed by atoms with Crippen LogP contribution in [0.2, 0.25) is 0 Å². The lowest BCUT2D eigenvalue weighted by molar-refractivity contribution is 0.306. The zero-order valence-corrected chi connectivity index (χ0v) is 25.4. The fourth-order valence-corrected chi connectivity index (χ4v) is 5.33. The fourth-order valence-electron chi connectivity index (χ4n) is 4.39. The molecule has 0 spiro atoms. The highest BCUT2D eigenvalue weighted by Gasteiger charge is 2.14. The van der Waals surface area contributed by atoms with Gasteiger partial charge in [0.15, 0.2) is 0 Å². The van der Waals surface area contributed by atoms with Gasteiger partial charge >= 0.3 is 0 Å². The van der Waals surface area contributed by atoms with Crippen molar-refractivity contribution in [1.82, 2.24) is 5.32 Å². The minimum Gasteiger partial charge on any atom is -0.316 e. The van der Waals surface area contributed by atoms with Gasteiger partial charge in [-0.2, -0.15) is 8.42 Å². The predicted octanol–water partition coefficient (Wildman–Crippen LogP) is 9.37. The lowest BCUT2D eigenvalue weighted by Gasteiger charge is -2.06. The third-order valence-corrected chi connectivity index (χ3v) is 8.10. The van der Waals surface area contributed by atoms with Crippen LogP contribution < -0.4 is 5.32 Å². The standard InChI is InChI=1S/C25H44O3S.C8H11N/c1-3-4-5-6-7-8-9-10-11-12-13-14-15-16-17-18-23-28-29(26,27)25-21-19-24(2)20-22-25;1-9-7-8-5-3-2-4-6-8/h19-22H,3-18,23H2,1-2H3;2-6,9H,7H2,1H3. The van der Waals surface area contributed by atoms with E-state index < -0.39 is 10.1 Å². The van der Waals surface area contributed by atoms with E-state index in [9.17, 15) is 8.42 Å². The first-order valence-electron chi connectivity index (χ1n) is 15.1. The van der Waals surface area contributed by atoms with E-state index in [0.717, 1.165) is 24.9 Å². The molecule has 0 unspecified atom stereocenters. The van der Waals surface area contributed by atoms with Crippen LogP contribution in [-0.4, -0.2) is 22.1 Å². The van der Waals surface area contributed by atoms with Crippen LogP contribution in [0.15, 0.2) is 59.5 Å². The number of nitrogens with one attached hydrogen (secondary N) is 1. The molecule has 0 saturated carbocycles. The number of aryl methyl sites for hydroxylation is 1. The summed E-state index contributed by atoms with van der Waals surface area (Å²) in [7, 11) is -1.65. The summed E-state index contributed by atoms with van der Waals surface area (Å²) >= 11 is 0. The molecular weight excluding hydrogens is 490 g/mol. The van der Waals surface area contributed by atoms with Gasteiger partial charge in [-0.05, 0) is 38.1 Å². The molecule has 0 aliphatic carbocycles. The molecule has 216 valence electrons. The van der Waals surface area contributed by atoms with Crippen molar-refractivity contribution in [3.8, 4) is 0 Å². The Balaban J connectivity index is 0.000000671. The van der Waals surface area contributed by atoms with Crippen LogP contribution >= 0.6 is 0 Å². The average molecular weight is 546 g/mol. The number of benzene rings is 2. The summed E-state index contributed by atoms with van der Waals surface area (Å²) in [5.41, 5.74) is 2.38. The highest BCUT2D eigenvalue weighted by molar-refractivity contribution is 7.86. The lowest BCUT2D eigenvalue weighted by atomic mass is 10.0. The van der Waals surface area contributed by atoms with E-state index in [-0.39, 0.29) is 11.5 Å². The predicted molar refractivity (Wildman–Crippen MR) is 163 cm³/mol. The lowest BCUT2D eigenvalue weighted by Crippen LogP contribution is -2.07. The minimum atomic E-state index is -3.60. The second kappa shape index (κ2) is 23.2. The van der Waals surface area contributed by atoms with E-state index >= 15 is 0 Å². The summed E-state index contributed by atoms with van der Waals surface area (Å²) < 4.78 is 29.3. The summed E-state index contributed by atoms with van der Waals surface area (Å²) in [5, 5.41) is 3.08. The smallest absolute Gasteiger partial charge is 0.296 e. The van der Waals surface area contributed by atoms with Gasteiger partial charge in [0, 0.05) is 6.54 Å². The van der Waals surface area contributed by atoms with Crippen LogP contribution in [-0.2, 0) is 20.8 Å². The molecule has 0 atom stereocenters. The van der Waals surface area contributed by atoms with Crippen molar-refractivity contribution >= 4 is 10.1 Å². The number of hydrogen-bond acceptors (Lipinski definition) is 4. The van der Waals surface area contributed by atoms with Gasteiger partial charge in [0.25, 0.3) is 10.1 Å². The average Bonchev–Trinajstić information content (AvgIpc) is 2.92. The van der Waals surface area contributed by atoms with Gasteiger partial charge in [-0.1, -0.05) is 151 Å². The van der Waals surface area contributed by atoms with E-state index in [4.69, 9.17) is 4.18 Å². The van der Waals surface area contributed by atoms with E-state index in [1.807, 2.05) is 32.2 Å². The zero-order chi connectivity index (χ0) is 27.7. The van der Waals surface area contributed by atoms with Crippen LogP contribution in [0.5, 0.6) is 0 Å². The number of hydrogen-bond donors (Lipinski definition) is 1. The topological polar surface area (TPSA) is 55.4 Å². The third kappa shape index (κ3) is 18.5. The Morgan fingerprint density at radius 1 is 0.632 bits per heavy atom. The van der Waals surface area contributed by atoms with Gasteiger partial charge in [0.05, 0.1) is 11.5 Å². The van der Waals surface area contributed by atoms with Crippen molar-refractivity contribution in [2.45, 2.75) is 128 Å². The Bertz CT molecular complexity index is 882. The molecule has 2 aromatic carbocycles. The van der Waals surface area contributed by atoms with Crippen LogP contribution in [0.25, 0.3) is 0 Å². The third-order valence-electron chi connectivity index (χ3n) is 6.77. The Labute approximate surface area is 235 Å². The second-order valence-corrected chi connectivity index (χ2v) is 12.0. The van der Waals surface area contributed by atoms with Crippen LogP contribution in [0.4, 0.5) is 0 Å². The van der Waals surface area contributed by atoms with E-state index in [1.54, 1.807) is 24.3 Å². The van der Waals surface area contributed by atoms with E-state index in [1.165, 1.54) is 95.5 Å². The summed E-state index contributed by atoms with van der Waals surface area (Å²) in [6, 6.07) is 17.2. The van der Waals surface area contributed by atoms with Crippen LogP contribution in [0.1, 0.15) is 121 Å². The van der Waals surface area contributed by atoms with Crippen molar-refractivity contribution in [3.05, 3.63) is 65.7 Å². The second-order valence-electron chi connectivity index (χ2n) is 10.4. The quantitative estimate of drug-likeness (QED) is 0.125. The van der Waals surface area contributed by atoms with Gasteiger partial charge in [0.2, 0.25) is 0 Å². The normalized spacial score (nSPS) is 11.2. The molecule has 0 amide bonds. The maximum Gasteiger partial charge on any atom is 0.296 e. The van der Waals surface area contributed by atoms with Crippen molar-refractivity contribution in [2.24, 2.45) is 0 Å². The molecule has 2 aromatic rings. The first-order chi connectivity index (χ1) is 18.5. The molecule has 5 heteroatoms. The summed E-state index contributed by atoms with van der Waals surface area (Å²) in [5.74, 6) is 0. The van der Waals surface area contributed by atoms with Crippen molar-refractivity contribution in [1.29, 1.82) is 0 Å². The van der Waals surface area contributed by atoms with Gasteiger partial charge in [-0.3, -0.25) is 4.18 Å². The molecule has 0 saturated heterocycles. The van der Waals surface area contributed by atoms with Gasteiger partial charge < -0.3 is 5.32 Å². The fraction of sp³-hybridized carbons (Fsp3) is 0.636. The summed E-state index contributed by atoms with van der Waals surface area (Å²) in [6.45, 7) is 5.46. The molecule has 0 aliphatic rings. The molecule has 0 fully saturated rings. The van der Waals surface area contributed by atoms with Crippen LogP contribution in [0.3, 0.4) is 0 Å². The molecule has 1 N–H and O–H groups in total. The molecular formula is C33H55NO3S. The highest BCUT2D eigenvalue weighted by Crippen LogP contribution is 2.16. The highest BCUT2D eigenvalue weighted by atomic mass is 32.2. The molecule has 0 bridgehead atoms. The molecule has 2 rings (SSSR count). The largest absolute Gasteiger partial charge is 0.316 e. The molecule has 4 nitrogen and oxygen atoms in total. The minimum absolute atomic E-state index is 0.250. The van der Waals surface area contributed by atoms with Crippen molar-refractivity contribution in [3.63, 3.8) is 0 Å². The maximum atomic E-state index is 12.1. The van der Waals surface area contributed by atoms with Crippen LogP contribution in [0, 0.1) is 6.92 Å². The number of rotatable bonds is 21. The Morgan fingerprint density at radius 3 is 1.53 bits per heavy atom. The monoisotopic (exact) mass is 545 g/mol. The molecule has 0 aromatic heterocycles. The maximum absolute atomic E-state index is 12.1. The zero-order valence-electron chi connectivity index (χ0n) is 24.6. The molecule has 0 heterocycles. The van der Waals surface area contributed by atoms with Crippen molar-refractivity contribution in [2.75, 3.05) is 13.7 Å². The summed E-state index contributed by atoms with van der Waals surface area (Å²) in [6.07, 6.45) is 20.9. The van der Waals surface area contributed by atoms with E-state index in [2.05, 4.69) is 24.4 Å². The first kappa shape index (κ1) is 34.3. The Morgan fingerprint density at radius 2 is 1.08 bits per heavy atom. The summed E-state index contributed by atoms with van der Waals surface area (Å²) in [4.78, 5) is 0.250. The Kier molecular flexibility index (Phi) is 21.0. The Hall–Kier alpha value is -1.69. The molecule has 38 heavy (non-hydrogen) atoms. The first-order valence-corrected chi connectivity index (χ1v) is 16.5. The molecule has 0 radical (unpaired) electrons. The van der Waals surface area contributed by atoms with Crippen molar-refractivity contribution < 1.29 is 12.6 Å². The van der Waals surface area contributed by atoms with Gasteiger partial charge in [0.1, 0.15) is 0 Å². The number of unbranched alkanes of at least 4 members (excludes halogenated alkanes) is 15.